The molecule has 0 aliphatic heterocycles. The summed E-state index contributed by atoms with van der Waals surface area (Å²) >= 11 is 11.4. The molecule has 0 atom stereocenters. The Bertz CT molecular complexity index is 500. The Kier molecular flexibility index (Phi) is 4.00. The molecule has 0 aliphatic carbocycles. The van der Waals surface area contributed by atoms with Gasteiger partial charge in [-0.05, 0) is 0 Å². The summed E-state index contributed by atoms with van der Waals surface area (Å²) in [6.45, 7) is 0. The van der Waals surface area contributed by atoms with Gasteiger partial charge in [-0.3, -0.25) is 0 Å². The van der Waals surface area contributed by atoms with Gasteiger partial charge in [-0.25, -0.2) is 0 Å². The molecule has 1 N–H and O–H groups in total. The number of halogens is 2. The zero-order valence-corrected chi connectivity index (χ0v) is 12.0. The first-order valence-corrected chi connectivity index (χ1v) is 7.67. The van der Waals surface area contributed by atoms with Crippen LogP contribution in [0.4, 0.5) is 0 Å². The van der Waals surface area contributed by atoms with Crippen molar-refractivity contribution < 1.29 is 5.11 Å². The van der Waals surface area contributed by atoms with E-state index in [4.69, 9.17) is 23.2 Å². The average Bonchev–Trinajstić information content (AvgIpc) is 2.31. The van der Waals surface area contributed by atoms with Gasteiger partial charge in [-0.1, -0.05) is 0 Å². The van der Waals surface area contributed by atoms with Crippen LogP contribution in [-0.2, 0) is 0 Å². The van der Waals surface area contributed by atoms with Crippen molar-refractivity contribution in [1.82, 2.24) is 0 Å². The molecule has 2 aromatic carbocycles. The second-order valence-electron chi connectivity index (χ2n) is 3.13. The number of benzene rings is 2. The first-order valence-electron chi connectivity index (χ1n) is 4.58. The van der Waals surface area contributed by atoms with E-state index in [2.05, 4.69) is 12.1 Å². The Hall–Kier alpha value is -0.390. The summed E-state index contributed by atoms with van der Waals surface area (Å²) in [7, 11) is 0. The Morgan fingerprint density at radius 3 is 2.25 bits per heavy atom. The molecule has 2 aromatic rings. The molecule has 0 saturated carbocycles. The molecule has 0 amide bonds. The van der Waals surface area contributed by atoms with Crippen LogP contribution >= 0.6 is 23.2 Å². The van der Waals surface area contributed by atoms with Crippen molar-refractivity contribution in [3.8, 4) is 5.75 Å². The van der Waals surface area contributed by atoms with Crippen LogP contribution in [0, 0.1) is 0 Å². The fraction of sp³-hybridized carbons (Fsp3) is 0. The van der Waals surface area contributed by atoms with Crippen molar-refractivity contribution in [2.45, 2.75) is 0 Å². The number of hydrogen-bond acceptors (Lipinski definition) is 1. The van der Waals surface area contributed by atoms with Gasteiger partial charge in [0.15, 0.2) is 0 Å². The molecule has 1 nitrogen and oxygen atoms in total. The zero-order valence-electron chi connectivity index (χ0n) is 8.15. The van der Waals surface area contributed by atoms with Crippen molar-refractivity contribution in [3.63, 3.8) is 0 Å². The van der Waals surface area contributed by atoms with E-state index in [1.54, 1.807) is 6.07 Å². The van der Waals surface area contributed by atoms with Gasteiger partial charge in [0.2, 0.25) is 0 Å². The van der Waals surface area contributed by atoms with E-state index < -0.39 is 20.9 Å². The van der Waals surface area contributed by atoms with Crippen molar-refractivity contribution in [2.24, 2.45) is 0 Å². The number of phenolic OH excluding ortho intramolecular Hbond substituents is 1. The van der Waals surface area contributed by atoms with Gasteiger partial charge in [0.1, 0.15) is 0 Å². The summed E-state index contributed by atoms with van der Waals surface area (Å²) < 4.78 is 2.33. The van der Waals surface area contributed by atoms with Gasteiger partial charge in [0, 0.05) is 0 Å². The van der Waals surface area contributed by atoms with E-state index >= 15 is 0 Å². The summed E-state index contributed by atoms with van der Waals surface area (Å²) in [6.07, 6.45) is 0. The molecule has 4 heteroatoms. The third-order valence-electron chi connectivity index (χ3n) is 2.00. The summed E-state index contributed by atoms with van der Waals surface area (Å²) in [5.41, 5.74) is 0. The standard InChI is InChI=1S/C12H8Cl2OTe/c13-11-9(15)6-7-10(12(11)14)16-8-4-2-1-3-5-8/h1-7,15H. The fourth-order valence-electron chi connectivity index (χ4n) is 1.22. The third kappa shape index (κ3) is 2.64. The van der Waals surface area contributed by atoms with Crippen LogP contribution in [0.1, 0.15) is 0 Å². The molecule has 0 aliphatic rings. The molecule has 0 unspecified atom stereocenters. The molecule has 0 aromatic heterocycles. The van der Waals surface area contributed by atoms with Gasteiger partial charge in [-0.2, -0.15) is 0 Å². The number of phenols is 1. The van der Waals surface area contributed by atoms with Crippen molar-refractivity contribution in [3.05, 3.63) is 52.5 Å². The molecule has 2 rings (SSSR count). The quantitative estimate of drug-likeness (QED) is 0.809. The second kappa shape index (κ2) is 5.29. The Balaban J connectivity index is 2.33. The summed E-state index contributed by atoms with van der Waals surface area (Å²) in [5.74, 6) is 0.0379. The molecular formula is C12H8Cl2OTe. The van der Waals surface area contributed by atoms with Crippen LogP contribution < -0.4 is 7.22 Å². The predicted molar refractivity (Wildman–Crippen MR) is 69.6 cm³/mol. The maximum atomic E-state index is 9.39. The normalized spacial score (nSPS) is 10.4. The van der Waals surface area contributed by atoms with Gasteiger partial charge in [0.05, 0.1) is 0 Å². The monoisotopic (exact) mass is 368 g/mol. The number of hydrogen-bond donors (Lipinski definition) is 1. The zero-order chi connectivity index (χ0) is 11.5. The molecule has 0 spiro atoms. The molecule has 16 heavy (non-hydrogen) atoms. The summed E-state index contributed by atoms with van der Waals surface area (Å²) in [5, 5.41) is 10.1. The van der Waals surface area contributed by atoms with Gasteiger partial charge < -0.3 is 0 Å². The maximum absolute atomic E-state index is 9.39. The molecule has 82 valence electrons. The van der Waals surface area contributed by atoms with Crippen LogP contribution in [0.2, 0.25) is 10.0 Å². The molecule has 0 heterocycles. The third-order valence-corrected chi connectivity index (χ3v) is 6.27. The summed E-state index contributed by atoms with van der Waals surface area (Å²) in [4.78, 5) is 0. The van der Waals surface area contributed by atoms with Crippen LogP contribution in [0.3, 0.4) is 0 Å². The molecule has 0 radical (unpaired) electrons. The van der Waals surface area contributed by atoms with E-state index in [0.29, 0.717) is 5.02 Å². The van der Waals surface area contributed by atoms with Crippen LogP contribution in [-0.4, -0.2) is 26.0 Å². The first kappa shape index (κ1) is 12.1. The number of rotatable bonds is 2. The van der Waals surface area contributed by atoms with Crippen LogP contribution in [0.15, 0.2) is 42.5 Å². The van der Waals surface area contributed by atoms with Crippen molar-refractivity contribution in [1.29, 1.82) is 0 Å². The molecule has 0 fully saturated rings. The van der Waals surface area contributed by atoms with Gasteiger partial charge >= 0.3 is 115 Å². The van der Waals surface area contributed by atoms with E-state index in [1.807, 2.05) is 24.3 Å². The topological polar surface area (TPSA) is 20.2 Å². The van der Waals surface area contributed by atoms with E-state index in [-0.39, 0.29) is 10.8 Å². The number of aromatic hydroxyl groups is 1. The van der Waals surface area contributed by atoms with Gasteiger partial charge in [0.25, 0.3) is 0 Å². The van der Waals surface area contributed by atoms with E-state index in [9.17, 15) is 5.11 Å². The van der Waals surface area contributed by atoms with E-state index in [0.717, 1.165) is 3.61 Å². The van der Waals surface area contributed by atoms with Crippen molar-refractivity contribution in [2.75, 3.05) is 0 Å². The average molecular weight is 367 g/mol. The predicted octanol–water partition coefficient (Wildman–Crippen LogP) is 2.35. The summed E-state index contributed by atoms with van der Waals surface area (Å²) in [6, 6.07) is 13.6. The fourth-order valence-corrected chi connectivity index (χ4v) is 4.47. The van der Waals surface area contributed by atoms with Crippen molar-refractivity contribution >= 4 is 51.3 Å². The SMILES string of the molecule is Oc1ccc([Te]c2ccccc2)c(Cl)c1Cl. The molecule has 0 saturated heterocycles. The van der Waals surface area contributed by atoms with Crippen LogP contribution in [0.5, 0.6) is 5.75 Å². The Morgan fingerprint density at radius 1 is 0.875 bits per heavy atom. The van der Waals surface area contributed by atoms with E-state index in [1.165, 1.54) is 3.61 Å². The van der Waals surface area contributed by atoms with Gasteiger partial charge in [-0.15, -0.1) is 0 Å². The minimum atomic E-state index is -0.542. The molecular weight excluding hydrogens is 359 g/mol. The minimum absolute atomic E-state index is 0.0379. The second-order valence-corrected chi connectivity index (χ2v) is 7.07. The Labute approximate surface area is 114 Å². The molecule has 0 bridgehead atoms. The first-order chi connectivity index (χ1) is 7.68. The Morgan fingerprint density at radius 2 is 1.56 bits per heavy atom. The van der Waals surface area contributed by atoms with Crippen LogP contribution in [0.25, 0.3) is 0 Å².